The molecule has 0 saturated carbocycles. The zero-order valence-corrected chi connectivity index (χ0v) is 10.5. The van der Waals surface area contributed by atoms with Crippen LogP contribution in [0.1, 0.15) is 0 Å². The van der Waals surface area contributed by atoms with Crippen LogP contribution in [-0.4, -0.2) is 25.4 Å². The number of benzene rings is 1. The molecule has 0 aliphatic carbocycles. The van der Waals surface area contributed by atoms with Gasteiger partial charge in [0.1, 0.15) is 4.90 Å². The van der Waals surface area contributed by atoms with Gasteiger partial charge in [-0.05, 0) is 12.1 Å². The fourth-order valence-corrected chi connectivity index (χ4v) is 2.48. The predicted octanol–water partition coefficient (Wildman–Crippen LogP) is 0.884. The van der Waals surface area contributed by atoms with Crippen molar-refractivity contribution in [2.75, 3.05) is 17.1 Å². The summed E-state index contributed by atoms with van der Waals surface area (Å²) in [4.78, 5) is 7.37. The first-order valence-electron chi connectivity index (χ1n) is 5.13. The maximum absolute atomic E-state index is 12.2. The van der Waals surface area contributed by atoms with Gasteiger partial charge >= 0.3 is 0 Å². The van der Waals surface area contributed by atoms with E-state index in [2.05, 4.69) is 9.97 Å². The van der Waals surface area contributed by atoms with E-state index in [0.717, 1.165) is 0 Å². The van der Waals surface area contributed by atoms with Gasteiger partial charge in [-0.3, -0.25) is 4.31 Å². The second kappa shape index (κ2) is 4.61. The smallest absolute Gasteiger partial charge is 0.267 e. The summed E-state index contributed by atoms with van der Waals surface area (Å²) in [7, 11) is -2.18. The zero-order chi connectivity index (χ0) is 13.2. The SMILES string of the molecule is CN(c1ccccc1)S(=O)(=O)c1cnc(N)nc1. The van der Waals surface area contributed by atoms with Crippen LogP contribution in [0.25, 0.3) is 0 Å². The third-order valence-electron chi connectivity index (χ3n) is 2.43. The molecule has 7 heteroatoms. The van der Waals surface area contributed by atoms with E-state index in [-0.39, 0.29) is 10.8 Å². The van der Waals surface area contributed by atoms with Crippen molar-refractivity contribution in [1.29, 1.82) is 0 Å². The number of nitrogens with two attached hydrogens (primary N) is 1. The lowest BCUT2D eigenvalue weighted by Crippen LogP contribution is -2.26. The summed E-state index contributed by atoms with van der Waals surface area (Å²) in [6, 6.07) is 8.75. The Labute approximate surface area is 105 Å². The van der Waals surface area contributed by atoms with Gasteiger partial charge < -0.3 is 5.73 Å². The minimum atomic E-state index is -3.66. The average molecular weight is 264 g/mol. The van der Waals surface area contributed by atoms with Gasteiger partial charge in [0, 0.05) is 7.05 Å². The Balaban J connectivity index is 2.40. The number of nitrogen functional groups attached to an aromatic ring is 1. The number of anilines is 2. The van der Waals surface area contributed by atoms with Crippen LogP contribution in [0.2, 0.25) is 0 Å². The van der Waals surface area contributed by atoms with Gasteiger partial charge in [-0.2, -0.15) is 0 Å². The summed E-state index contributed by atoms with van der Waals surface area (Å²) >= 11 is 0. The topological polar surface area (TPSA) is 89.2 Å². The Morgan fingerprint density at radius 3 is 2.22 bits per heavy atom. The van der Waals surface area contributed by atoms with Crippen LogP contribution in [0.5, 0.6) is 0 Å². The molecule has 6 nitrogen and oxygen atoms in total. The number of rotatable bonds is 3. The molecule has 2 rings (SSSR count). The third kappa shape index (κ3) is 2.25. The van der Waals surface area contributed by atoms with Crippen LogP contribution in [-0.2, 0) is 10.0 Å². The molecule has 0 saturated heterocycles. The first kappa shape index (κ1) is 12.3. The summed E-state index contributed by atoms with van der Waals surface area (Å²) < 4.78 is 25.7. The summed E-state index contributed by atoms with van der Waals surface area (Å²) in [6.07, 6.45) is 2.38. The average Bonchev–Trinajstić information content (AvgIpc) is 2.39. The van der Waals surface area contributed by atoms with Gasteiger partial charge in [0.15, 0.2) is 0 Å². The standard InChI is InChI=1S/C11H12N4O2S/c1-15(9-5-3-2-4-6-9)18(16,17)10-7-13-11(12)14-8-10/h2-8H,1H3,(H2,12,13,14). The molecule has 1 aromatic carbocycles. The van der Waals surface area contributed by atoms with E-state index in [9.17, 15) is 8.42 Å². The van der Waals surface area contributed by atoms with Gasteiger partial charge in [-0.1, -0.05) is 18.2 Å². The highest BCUT2D eigenvalue weighted by molar-refractivity contribution is 7.92. The van der Waals surface area contributed by atoms with E-state index in [4.69, 9.17) is 5.73 Å². The highest BCUT2D eigenvalue weighted by Gasteiger charge is 2.21. The van der Waals surface area contributed by atoms with Crippen molar-refractivity contribution in [2.24, 2.45) is 0 Å². The van der Waals surface area contributed by atoms with Crippen molar-refractivity contribution in [3.05, 3.63) is 42.7 Å². The van der Waals surface area contributed by atoms with Gasteiger partial charge in [0.2, 0.25) is 5.95 Å². The van der Waals surface area contributed by atoms with E-state index < -0.39 is 10.0 Å². The molecule has 0 aliphatic rings. The van der Waals surface area contributed by atoms with Crippen LogP contribution in [0.4, 0.5) is 11.6 Å². The lowest BCUT2D eigenvalue weighted by Gasteiger charge is -2.18. The first-order chi connectivity index (χ1) is 8.51. The van der Waals surface area contributed by atoms with Crippen molar-refractivity contribution in [3.63, 3.8) is 0 Å². The van der Waals surface area contributed by atoms with Gasteiger partial charge in [-0.15, -0.1) is 0 Å². The number of nitrogens with zero attached hydrogens (tertiary/aromatic N) is 3. The molecule has 2 aromatic rings. The largest absolute Gasteiger partial charge is 0.368 e. The van der Waals surface area contributed by atoms with Crippen molar-refractivity contribution < 1.29 is 8.42 Å². The van der Waals surface area contributed by atoms with E-state index in [1.165, 1.54) is 23.7 Å². The molecular formula is C11H12N4O2S. The third-order valence-corrected chi connectivity index (χ3v) is 4.16. The van der Waals surface area contributed by atoms with Crippen LogP contribution in [0, 0.1) is 0 Å². The molecule has 0 amide bonds. The van der Waals surface area contributed by atoms with Crippen LogP contribution in [0.15, 0.2) is 47.6 Å². The molecule has 0 bridgehead atoms. The second-order valence-corrected chi connectivity index (χ2v) is 5.55. The molecular weight excluding hydrogens is 252 g/mol. The quantitative estimate of drug-likeness (QED) is 0.889. The minimum absolute atomic E-state index is 0.00283. The molecule has 0 radical (unpaired) electrons. The monoisotopic (exact) mass is 264 g/mol. The number of aromatic nitrogens is 2. The Kier molecular flexibility index (Phi) is 3.15. The molecule has 0 unspecified atom stereocenters. The minimum Gasteiger partial charge on any atom is -0.368 e. The second-order valence-electron chi connectivity index (χ2n) is 3.59. The molecule has 18 heavy (non-hydrogen) atoms. The zero-order valence-electron chi connectivity index (χ0n) is 9.69. The normalized spacial score (nSPS) is 11.2. The predicted molar refractivity (Wildman–Crippen MR) is 68.5 cm³/mol. The molecule has 1 aromatic heterocycles. The Bertz CT molecular complexity index is 626. The van der Waals surface area contributed by atoms with Crippen LogP contribution >= 0.6 is 0 Å². The summed E-state index contributed by atoms with van der Waals surface area (Å²) in [5, 5.41) is 0. The maximum Gasteiger partial charge on any atom is 0.267 e. The molecule has 1 heterocycles. The number of para-hydroxylation sites is 1. The van der Waals surface area contributed by atoms with E-state index in [0.29, 0.717) is 5.69 Å². The summed E-state index contributed by atoms with van der Waals surface area (Å²) in [6.45, 7) is 0. The molecule has 0 spiro atoms. The van der Waals surface area contributed by atoms with Gasteiger partial charge in [0.05, 0.1) is 18.1 Å². The van der Waals surface area contributed by atoms with Crippen LogP contribution in [0.3, 0.4) is 0 Å². The molecule has 0 atom stereocenters. The first-order valence-corrected chi connectivity index (χ1v) is 6.57. The summed E-state index contributed by atoms with van der Waals surface area (Å²) in [5.74, 6) is 0.0383. The highest BCUT2D eigenvalue weighted by Crippen LogP contribution is 2.20. The van der Waals surface area contributed by atoms with E-state index >= 15 is 0 Å². The molecule has 94 valence electrons. The molecule has 0 fully saturated rings. The molecule has 2 N–H and O–H groups in total. The number of hydrogen-bond donors (Lipinski definition) is 1. The van der Waals surface area contributed by atoms with Crippen molar-refractivity contribution in [1.82, 2.24) is 9.97 Å². The Hall–Kier alpha value is -2.15. The van der Waals surface area contributed by atoms with Crippen molar-refractivity contribution >= 4 is 21.7 Å². The van der Waals surface area contributed by atoms with Gasteiger partial charge in [-0.25, -0.2) is 18.4 Å². The van der Waals surface area contributed by atoms with E-state index in [1.54, 1.807) is 24.3 Å². The van der Waals surface area contributed by atoms with Crippen LogP contribution < -0.4 is 10.0 Å². The number of hydrogen-bond acceptors (Lipinski definition) is 5. The lowest BCUT2D eigenvalue weighted by molar-refractivity contribution is 0.593. The lowest BCUT2D eigenvalue weighted by atomic mass is 10.3. The Morgan fingerprint density at radius 2 is 1.67 bits per heavy atom. The Morgan fingerprint density at radius 1 is 1.11 bits per heavy atom. The van der Waals surface area contributed by atoms with Crippen molar-refractivity contribution in [2.45, 2.75) is 4.90 Å². The fraction of sp³-hybridized carbons (Fsp3) is 0.0909. The fourth-order valence-electron chi connectivity index (χ4n) is 1.39. The highest BCUT2D eigenvalue weighted by atomic mass is 32.2. The summed E-state index contributed by atoms with van der Waals surface area (Å²) in [5.41, 5.74) is 5.89. The molecule has 0 aliphatic heterocycles. The van der Waals surface area contributed by atoms with E-state index in [1.807, 2.05) is 6.07 Å². The van der Waals surface area contributed by atoms with Crippen molar-refractivity contribution in [3.8, 4) is 0 Å². The number of sulfonamides is 1. The maximum atomic E-state index is 12.2. The van der Waals surface area contributed by atoms with Gasteiger partial charge in [0.25, 0.3) is 10.0 Å².